The monoisotopic (exact) mass is 482 g/mol. The number of thiophene rings is 1. The van der Waals surface area contributed by atoms with Crippen LogP contribution < -0.4 is 0 Å². The number of nitrogens with zero attached hydrogens (tertiary/aromatic N) is 2. The zero-order chi connectivity index (χ0) is 24.3. The second-order valence-electron chi connectivity index (χ2n) is 8.23. The molecule has 2 amide bonds. The van der Waals surface area contributed by atoms with Crippen molar-refractivity contribution in [3.8, 4) is 0 Å². The van der Waals surface area contributed by atoms with Gasteiger partial charge in [0, 0.05) is 31.7 Å². The highest BCUT2D eigenvalue weighted by atomic mass is 32.1. The Balaban J connectivity index is 1.75. The molecule has 0 radical (unpaired) electrons. The van der Waals surface area contributed by atoms with Gasteiger partial charge in [0.25, 0.3) is 0 Å². The Morgan fingerprint density at radius 2 is 1.65 bits per heavy atom. The molecule has 0 N–H and O–H groups in total. The number of carbonyl (C=O) groups is 2. The van der Waals surface area contributed by atoms with Gasteiger partial charge in [-0.2, -0.15) is 0 Å². The summed E-state index contributed by atoms with van der Waals surface area (Å²) in [5.41, 5.74) is 2.90. The van der Waals surface area contributed by atoms with E-state index in [0.717, 1.165) is 16.0 Å². The van der Waals surface area contributed by atoms with Crippen LogP contribution in [-0.4, -0.2) is 48.4 Å². The maximum Gasteiger partial charge on any atom is 0.242 e. The molecule has 0 aliphatic rings. The summed E-state index contributed by atoms with van der Waals surface area (Å²) in [5.74, 6) is -0.617. The number of hydrogen-bond donors (Lipinski definition) is 0. The highest BCUT2D eigenvalue weighted by molar-refractivity contribution is 7.10. The summed E-state index contributed by atoms with van der Waals surface area (Å²) < 4.78 is 18.4. The average molecular weight is 483 g/mol. The van der Waals surface area contributed by atoms with E-state index in [0.29, 0.717) is 38.2 Å². The van der Waals surface area contributed by atoms with Crippen LogP contribution in [0.4, 0.5) is 4.39 Å². The lowest BCUT2D eigenvalue weighted by molar-refractivity contribution is -0.141. The van der Waals surface area contributed by atoms with Crippen molar-refractivity contribution in [1.82, 2.24) is 9.80 Å². The molecule has 0 fully saturated rings. The van der Waals surface area contributed by atoms with Crippen molar-refractivity contribution < 1.29 is 18.7 Å². The molecule has 3 rings (SSSR count). The molecular formula is C27H31FN2O3S. The Morgan fingerprint density at radius 3 is 2.29 bits per heavy atom. The molecule has 1 aromatic heterocycles. The van der Waals surface area contributed by atoms with Crippen LogP contribution in [0, 0.1) is 12.7 Å². The highest BCUT2D eigenvalue weighted by Gasteiger charge is 2.22. The first kappa shape index (κ1) is 25.6. The molecule has 5 nitrogen and oxygen atoms in total. The molecule has 0 spiro atoms. The summed E-state index contributed by atoms with van der Waals surface area (Å²) in [5, 5.41) is 2.03. The van der Waals surface area contributed by atoms with Gasteiger partial charge in [-0.25, -0.2) is 4.39 Å². The van der Waals surface area contributed by atoms with E-state index in [1.54, 1.807) is 35.5 Å². The predicted molar refractivity (Wildman–Crippen MR) is 133 cm³/mol. The second kappa shape index (κ2) is 13.0. The van der Waals surface area contributed by atoms with Gasteiger partial charge >= 0.3 is 0 Å². The Hall–Kier alpha value is -3.03. The highest BCUT2D eigenvalue weighted by Crippen LogP contribution is 2.20. The van der Waals surface area contributed by atoms with Gasteiger partial charge < -0.3 is 14.5 Å². The van der Waals surface area contributed by atoms with Crippen LogP contribution in [0.5, 0.6) is 0 Å². The molecule has 0 aliphatic carbocycles. The van der Waals surface area contributed by atoms with Crippen LogP contribution in [0.15, 0.2) is 66.0 Å². The van der Waals surface area contributed by atoms with Gasteiger partial charge in [0.15, 0.2) is 0 Å². The lowest BCUT2D eigenvalue weighted by Gasteiger charge is -2.28. The van der Waals surface area contributed by atoms with Crippen molar-refractivity contribution in [1.29, 1.82) is 0 Å². The predicted octanol–water partition coefficient (Wildman–Crippen LogP) is 4.83. The van der Waals surface area contributed by atoms with Gasteiger partial charge in [-0.05, 0) is 53.6 Å². The van der Waals surface area contributed by atoms with E-state index in [4.69, 9.17) is 4.74 Å². The fourth-order valence-corrected chi connectivity index (χ4v) is 4.54. The largest absolute Gasteiger partial charge is 0.385 e. The number of rotatable bonds is 12. The first-order valence-corrected chi connectivity index (χ1v) is 12.2. The van der Waals surface area contributed by atoms with Gasteiger partial charge in [-0.3, -0.25) is 9.59 Å². The maximum atomic E-state index is 13.5. The molecule has 0 bridgehead atoms. The summed E-state index contributed by atoms with van der Waals surface area (Å²) in [6.07, 6.45) is 0.741. The van der Waals surface area contributed by atoms with Crippen LogP contribution in [0.3, 0.4) is 0 Å². The fraction of sp³-hybridized carbons (Fsp3) is 0.333. The minimum Gasteiger partial charge on any atom is -0.385 e. The molecule has 34 heavy (non-hydrogen) atoms. The normalized spacial score (nSPS) is 10.8. The summed E-state index contributed by atoms with van der Waals surface area (Å²) in [6.45, 7) is 3.90. The van der Waals surface area contributed by atoms with Crippen LogP contribution in [0.1, 0.15) is 28.0 Å². The van der Waals surface area contributed by atoms with Crippen LogP contribution in [0.25, 0.3) is 0 Å². The third kappa shape index (κ3) is 7.78. The van der Waals surface area contributed by atoms with E-state index in [2.05, 4.69) is 6.07 Å². The Kier molecular flexibility index (Phi) is 9.79. The first-order chi connectivity index (χ1) is 16.5. The lowest BCUT2D eigenvalue weighted by atomic mass is 10.1. The second-order valence-corrected chi connectivity index (χ2v) is 9.23. The van der Waals surface area contributed by atoms with Crippen molar-refractivity contribution in [2.75, 3.05) is 26.8 Å². The SMILES string of the molecule is COCCCN(CC(=O)N(Cc1ccccc1)Cc1sccc1C)C(=O)Cc1ccc(F)cc1. The lowest BCUT2D eigenvalue weighted by Crippen LogP contribution is -2.43. The van der Waals surface area contributed by atoms with Crippen molar-refractivity contribution in [2.45, 2.75) is 32.9 Å². The van der Waals surface area contributed by atoms with Crippen molar-refractivity contribution in [3.63, 3.8) is 0 Å². The summed E-state index contributed by atoms with van der Waals surface area (Å²) in [4.78, 5) is 31.1. The first-order valence-electron chi connectivity index (χ1n) is 11.3. The number of hydrogen-bond acceptors (Lipinski definition) is 4. The maximum absolute atomic E-state index is 13.5. The zero-order valence-electron chi connectivity index (χ0n) is 19.7. The van der Waals surface area contributed by atoms with E-state index in [1.165, 1.54) is 12.1 Å². The molecule has 7 heteroatoms. The van der Waals surface area contributed by atoms with Crippen molar-refractivity contribution in [3.05, 3.63) is 93.4 Å². The van der Waals surface area contributed by atoms with Crippen molar-refractivity contribution in [2.24, 2.45) is 0 Å². The van der Waals surface area contributed by atoms with E-state index in [1.807, 2.05) is 47.5 Å². The van der Waals surface area contributed by atoms with E-state index in [-0.39, 0.29) is 30.6 Å². The Labute approximate surface area is 204 Å². The van der Waals surface area contributed by atoms with Gasteiger partial charge in [-0.1, -0.05) is 42.5 Å². The fourth-order valence-electron chi connectivity index (χ4n) is 3.62. The number of carbonyl (C=O) groups excluding carboxylic acids is 2. The molecule has 3 aromatic rings. The Bertz CT molecular complexity index is 1050. The summed E-state index contributed by atoms with van der Waals surface area (Å²) >= 11 is 1.63. The number of amides is 2. The quantitative estimate of drug-likeness (QED) is 0.348. The molecule has 180 valence electrons. The van der Waals surface area contributed by atoms with E-state index in [9.17, 15) is 14.0 Å². The van der Waals surface area contributed by atoms with Crippen molar-refractivity contribution >= 4 is 23.2 Å². The van der Waals surface area contributed by atoms with Gasteiger partial charge in [0.05, 0.1) is 19.5 Å². The Morgan fingerprint density at radius 1 is 0.912 bits per heavy atom. The van der Waals surface area contributed by atoms with Gasteiger partial charge in [0.2, 0.25) is 11.8 Å². The topological polar surface area (TPSA) is 49.9 Å². The van der Waals surface area contributed by atoms with E-state index < -0.39 is 0 Å². The standard InChI is InChI=1S/C27H31FN2O3S/c1-21-13-16-34-25(21)19-30(18-23-7-4-3-5-8-23)27(32)20-29(14-6-15-33-2)26(31)17-22-9-11-24(28)12-10-22/h3-5,7-13,16H,6,14-15,17-20H2,1-2H3. The van der Waals surface area contributed by atoms with E-state index >= 15 is 0 Å². The minimum absolute atomic E-state index is 0.0129. The smallest absolute Gasteiger partial charge is 0.242 e. The molecule has 2 aromatic carbocycles. The average Bonchev–Trinajstić information content (AvgIpc) is 3.24. The third-order valence-corrected chi connectivity index (χ3v) is 6.60. The van der Waals surface area contributed by atoms with Crippen LogP contribution >= 0.6 is 11.3 Å². The van der Waals surface area contributed by atoms with Crippen LogP contribution in [0.2, 0.25) is 0 Å². The van der Waals surface area contributed by atoms with Gasteiger partial charge in [0.1, 0.15) is 5.82 Å². The third-order valence-electron chi connectivity index (χ3n) is 5.60. The molecule has 0 aliphatic heterocycles. The molecule has 0 saturated carbocycles. The summed E-state index contributed by atoms with van der Waals surface area (Å²) in [6, 6.07) is 17.8. The number of benzene rings is 2. The molecule has 0 saturated heterocycles. The number of ether oxygens (including phenoxy) is 1. The number of methoxy groups -OCH3 is 1. The summed E-state index contributed by atoms with van der Waals surface area (Å²) in [7, 11) is 1.61. The minimum atomic E-state index is -0.344. The molecule has 0 unspecified atom stereocenters. The number of aryl methyl sites for hydroxylation is 1. The zero-order valence-corrected chi connectivity index (χ0v) is 20.5. The molecular weight excluding hydrogens is 451 g/mol. The van der Waals surface area contributed by atoms with Gasteiger partial charge in [-0.15, -0.1) is 11.3 Å². The molecule has 0 atom stereocenters. The molecule has 1 heterocycles. The number of halogens is 1. The van der Waals surface area contributed by atoms with Crippen LogP contribution in [-0.2, 0) is 33.8 Å².